The highest BCUT2D eigenvalue weighted by molar-refractivity contribution is 7.13. The maximum atomic E-state index is 12.0. The zero-order valence-corrected chi connectivity index (χ0v) is 16.3. The van der Waals surface area contributed by atoms with Gasteiger partial charge in [-0.05, 0) is 12.1 Å². The minimum absolute atomic E-state index is 0. The molecule has 0 aliphatic carbocycles. The molecule has 9 heteroatoms. The van der Waals surface area contributed by atoms with E-state index in [2.05, 4.69) is 15.6 Å². The lowest BCUT2D eigenvalue weighted by atomic mass is 10.2. The summed E-state index contributed by atoms with van der Waals surface area (Å²) < 4.78 is 4.92. The predicted octanol–water partition coefficient (Wildman–Crippen LogP) is 3.27. The second kappa shape index (κ2) is 12.5. The van der Waals surface area contributed by atoms with Crippen molar-refractivity contribution in [1.82, 2.24) is 15.6 Å². The van der Waals surface area contributed by atoms with Crippen molar-refractivity contribution >= 4 is 53.7 Å². The Labute approximate surface area is 163 Å². The van der Waals surface area contributed by atoms with Gasteiger partial charge < -0.3 is 15.4 Å². The molecule has 2 aromatic rings. The third-order valence-electron chi connectivity index (χ3n) is 2.88. The van der Waals surface area contributed by atoms with Gasteiger partial charge in [0.15, 0.2) is 0 Å². The zero-order chi connectivity index (χ0) is 15.8. The summed E-state index contributed by atoms with van der Waals surface area (Å²) in [6, 6.07) is 7.43. The summed E-state index contributed by atoms with van der Waals surface area (Å²) in [6.07, 6.45) is 0. The number of thiazole rings is 1. The van der Waals surface area contributed by atoms with Crippen molar-refractivity contribution in [2.45, 2.75) is 0 Å². The first-order chi connectivity index (χ1) is 10.7. The van der Waals surface area contributed by atoms with Crippen molar-refractivity contribution in [3.63, 3.8) is 0 Å². The van der Waals surface area contributed by atoms with Gasteiger partial charge in [-0.3, -0.25) is 4.79 Å². The van der Waals surface area contributed by atoms with Gasteiger partial charge in [0.2, 0.25) is 0 Å². The largest absolute Gasteiger partial charge is 0.383 e. The molecular formula is C15H20Cl3N3O2S. The van der Waals surface area contributed by atoms with Gasteiger partial charge in [0.05, 0.1) is 6.61 Å². The number of methoxy groups -OCH3 is 1. The van der Waals surface area contributed by atoms with Crippen molar-refractivity contribution in [3.8, 4) is 10.6 Å². The highest BCUT2D eigenvalue weighted by atomic mass is 35.5. The Balaban J connectivity index is 0.00000264. The van der Waals surface area contributed by atoms with E-state index in [-0.39, 0.29) is 30.7 Å². The molecule has 1 aromatic carbocycles. The highest BCUT2D eigenvalue weighted by Crippen LogP contribution is 2.25. The minimum Gasteiger partial charge on any atom is -0.383 e. The first kappa shape index (κ1) is 23.1. The number of ether oxygens (including phenoxy) is 1. The van der Waals surface area contributed by atoms with E-state index in [1.807, 2.05) is 24.3 Å². The molecule has 2 N–H and O–H groups in total. The maximum Gasteiger partial charge on any atom is 0.270 e. The first-order valence-electron chi connectivity index (χ1n) is 6.90. The fraction of sp³-hybridized carbons (Fsp3) is 0.333. The number of rotatable bonds is 8. The molecule has 0 saturated heterocycles. The average Bonchev–Trinajstić information content (AvgIpc) is 3.00. The Morgan fingerprint density at radius 3 is 2.79 bits per heavy atom. The van der Waals surface area contributed by atoms with Crippen LogP contribution in [0.15, 0.2) is 29.6 Å². The molecule has 1 amide bonds. The molecule has 134 valence electrons. The standard InChI is InChI=1S/C15H18ClN3O2S.2ClH/c1-21-8-7-17-5-6-18-14(20)13-10-22-15(19-13)11-3-2-4-12(16)9-11;;/h2-4,9-10,17H,5-8H2,1H3,(H,18,20);2*1H. The predicted molar refractivity (Wildman–Crippen MR) is 104 cm³/mol. The van der Waals surface area contributed by atoms with E-state index in [9.17, 15) is 4.79 Å². The van der Waals surface area contributed by atoms with Crippen LogP contribution in [-0.4, -0.2) is 44.2 Å². The van der Waals surface area contributed by atoms with Gasteiger partial charge in [-0.25, -0.2) is 4.98 Å². The Morgan fingerprint density at radius 2 is 2.08 bits per heavy atom. The summed E-state index contributed by atoms with van der Waals surface area (Å²) in [7, 11) is 1.66. The Morgan fingerprint density at radius 1 is 1.29 bits per heavy atom. The van der Waals surface area contributed by atoms with E-state index in [1.165, 1.54) is 11.3 Å². The van der Waals surface area contributed by atoms with Gasteiger partial charge >= 0.3 is 0 Å². The Kier molecular flexibility index (Phi) is 12.0. The Bertz CT molecular complexity index is 626. The van der Waals surface area contributed by atoms with Crippen molar-refractivity contribution in [3.05, 3.63) is 40.4 Å². The van der Waals surface area contributed by atoms with Crippen molar-refractivity contribution in [2.75, 3.05) is 33.4 Å². The summed E-state index contributed by atoms with van der Waals surface area (Å²) in [5.74, 6) is -0.168. The summed E-state index contributed by atoms with van der Waals surface area (Å²) >= 11 is 7.39. The molecule has 0 fully saturated rings. The fourth-order valence-corrected chi connectivity index (χ4v) is 2.77. The SMILES string of the molecule is COCCNCCNC(=O)c1csc(-c2cccc(Cl)c2)n1.Cl.Cl. The Hall–Kier alpha value is -0.890. The second-order valence-corrected chi connectivity index (χ2v) is 5.84. The molecule has 0 radical (unpaired) electrons. The van der Waals surface area contributed by atoms with E-state index in [0.29, 0.717) is 30.4 Å². The molecular weight excluding hydrogens is 393 g/mol. The summed E-state index contributed by atoms with van der Waals surface area (Å²) in [5, 5.41) is 9.18. The molecule has 0 unspecified atom stereocenters. The second-order valence-electron chi connectivity index (χ2n) is 4.55. The number of nitrogens with one attached hydrogen (secondary N) is 2. The van der Waals surface area contributed by atoms with Crippen LogP contribution < -0.4 is 10.6 Å². The topological polar surface area (TPSA) is 63.2 Å². The van der Waals surface area contributed by atoms with Crippen LogP contribution in [0.5, 0.6) is 0 Å². The number of hydrogen-bond donors (Lipinski definition) is 2. The number of halogens is 3. The average molecular weight is 413 g/mol. The number of nitrogens with zero attached hydrogens (tertiary/aromatic N) is 1. The van der Waals surface area contributed by atoms with Crippen molar-refractivity contribution < 1.29 is 9.53 Å². The normalized spacial score (nSPS) is 9.75. The smallest absolute Gasteiger partial charge is 0.270 e. The number of carbonyl (C=O) groups is 1. The van der Waals surface area contributed by atoms with E-state index < -0.39 is 0 Å². The molecule has 0 saturated carbocycles. The monoisotopic (exact) mass is 411 g/mol. The van der Waals surface area contributed by atoms with E-state index in [0.717, 1.165) is 17.1 Å². The third-order valence-corrected chi connectivity index (χ3v) is 4.01. The van der Waals surface area contributed by atoms with Crippen LogP contribution in [0.4, 0.5) is 0 Å². The van der Waals surface area contributed by atoms with Crippen LogP contribution >= 0.6 is 47.8 Å². The number of aromatic nitrogens is 1. The first-order valence-corrected chi connectivity index (χ1v) is 8.16. The molecule has 5 nitrogen and oxygen atoms in total. The zero-order valence-electron chi connectivity index (χ0n) is 13.1. The van der Waals surface area contributed by atoms with E-state index in [4.69, 9.17) is 16.3 Å². The van der Waals surface area contributed by atoms with Crippen LogP contribution in [-0.2, 0) is 4.74 Å². The van der Waals surface area contributed by atoms with Crippen LogP contribution in [0.1, 0.15) is 10.5 Å². The van der Waals surface area contributed by atoms with Gasteiger partial charge in [-0.15, -0.1) is 36.2 Å². The van der Waals surface area contributed by atoms with Crippen LogP contribution in [0, 0.1) is 0 Å². The molecule has 0 bridgehead atoms. The lowest BCUT2D eigenvalue weighted by molar-refractivity contribution is 0.0949. The van der Waals surface area contributed by atoms with Crippen LogP contribution in [0.2, 0.25) is 5.02 Å². The molecule has 1 aromatic heterocycles. The molecule has 0 aliphatic rings. The lowest BCUT2D eigenvalue weighted by Gasteiger charge is -2.05. The molecule has 1 heterocycles. The maximum absolute atomic E-state index is 12.0. The van der Waals surface area contributed by atoms with Crippen LogP contribution in [0.3, 0.4) is 0 Å². The van der Waals surface area contributed by atoms with Crippen LogP contribution in [0.25, 0.3) is 10.6 Å². The number of hydrogen-bond acceptors (Lipinski definition) is 5. The third kappa shape index (κ3) is 7.34. The molecule has 2 rings (SSSR count). The van der Waals surface area contributed by atoms with Gasteiger partial charge in [0.25, 0.3) is 5.91 Å². The fourth-order valence-electron chi connectivity index (χ4n) is 1.79. The molecule has 0 atom stereocenters. The summed E-state index contributed by atoms with van der Waals surface area (Å²) in [4.78, 5) is 16.4. The summed E-state index contributed by atoms with van der Waals surface area (Å²) in [5.41, 5.74) is 1.34. The van der Waals surface area contributed by atoms with Crippen molar-refractivity contribution in [2.24, 2.45) is 0 Å². The van der Waals surface area contributed by atoms with Gasteiger partial charge in [-0.1, -0.05) is 23.7 Å². The van der Waals surface area contributed by atoms with Gasteiger partial charge in [-0.2, -0.15) is 0 Å². The quantitative estimate of drug-likeness (QED) is 0.653. The van der Waals surface area contributed by atoms with E-state index >= 15 is 0 Å². The molecule has 0 aliphatic heterocycles. The molecule has 0 spiro atoms. The lowest BCUT2D eigenvalue weighted by Crippen LogP contribution is -2.33. The summed E-state index contributed by atoms with van der Waals surface area (Å²) in [6.45, 7) is 2.66. The minimum atomic E-state index is -0.168. The van der Waals surface area contributed by atoms with Gasteiger partial charge in [0, 0.05) is 42.7 Å². The number of amides is 1. The number of carbonyl (C=O) groups excluding carboxylic acids is 1. The highest BCUT2D eigenvalue weighted by Gasteiger charge is 2.11. The van der Waals surface area contributed by atoms with Gasteiger partial charge in [0.1, 0.15) is 10.7 Å². The molecule has 24 heavy (non-hydrogen) atoms. The number of benzene rings is 1. The van der Waals surface area contributed by atoms with E-state index in [1.54, 1.807) is 12.5 Å². The van der Waals surface area contributed by atoms with Crippen molar-refractivity contribution in [1.29, 1.82) is 0 Å².